The fourth-order valence-electron chi connectivity index (χ4n) is 2.18. The molecule has 0 radical (unpaired) electrons. The Morgan fingerprint density at radius 2 is 2.07 bits per heavy atom. The molecule has 82 valence electrons. The molecule has 0 aromatic heterocycles. The summed E-state index contributed by atoms with van der Waals surface area (Å²) >= 11 is 0. The third kappa shape index (κ3) is 2.72. The van der Waals surface area contributed by atoms with Crippen LogP contribution in [-0.2, 0) is 6.42 Å². The Balaban J connectivity index is 2.12. The van der Waals surface area contributed by atoms with E-state index in [1.54, 1.807) is 0 Å². The smallest absolute Gasteiger partial charge is 0.122 e. The third-order valence-electron chi connectivity index (χ3n) is 3.06. The van der Waals surface area contributed by atoms with Gasteiger partial charge in [0.05, 0.1) is 6.10 Å². The summed E-state index contributed by atoms with van der Waals surface area (Å²) in [4.78, 5) is 0. The highest BCUT2D eigenvalue weighted by atomic mass is 31.0. The lowest BCUT2D eigenvalue weighted by Crippen LogP contribution is -2.12. The molecule has 1 unspecified atom stereocenters. The molecule has 15 heavy (non-hydrogen) atoms. The predicted octanol–water partition coefficient (Wildman–Crippen LogP) is 3.07. The second-order valence-electron chi connectivity index (χ2n) is 4.25. The van der Waals surface area contributed by atoms with Crippen molar-refractivity contribution >= 4 is 14.5 Å². The van der Waals surface area contributed by atoms with Crippen LogP contribution in [-0.4, -0.2) is 6.10 Å². The minimum Gasteiger partial charge on any atom is -0.490 e. The molecular weight excluding hydrogens is 203 g/mol. The molecule has 0 aliphatic heterocycles. The van der Waals surface area contributed by atoms with E-state index in [0.717, 1.165) is 12.2 Å². The molecule has 0 bridgehead atoms. The lowest BCUT2D eigenvalue weighted by Gasteiger charge is -2.16. The highest BCUT2D eigenvalue weighted by Gasteiger charge is 2.17. The van der Waals surface area contributed by atoms with Crippen molar-refractivity contribution in [2.75, 3.05) is 0 Å². The van der Waals surface area contributed by atoms with Gasteiger partial charge in [0, 0.05) is 0 Å². The second kappa shape index (κ2) is 4.99. The lowest BCUT2D eigenvalue weighted by atomic mass is 10.1. The molecule has 1 aliphatic carbocycles. The highest BCUT2D eigenvalue weighted by Crippen LogP contribution is 2.26. The second-order valence-corrected chi connectivity index (χ2v) is 4.91. The van der Waals surface area contributed by atoms with Crippen LogP contribution in [0.4, 0.5) is 0 Å². The monoisotopic (exact) mass is 222 g/mol. The number of benzene rings is 1. The van der Waals surface area contributed by atoms with Gasteiger partial charge in [-0.1, -0.05) is 13.0 Å². The van der Waals surface area contributed by atoms with E-state index >= 15 is 0 Å². The van der Waals surface area contributed by atoms with Gasteiger partial charge in [-0.05, 0) is 55.1 Å². The van der Waals surface area contributed by atoms with Crippen LogP contribution in [0.5, 0.6) is 5.75 Å². The largest absolute Gasteiger partial charge is 0.490 e. The Morgan fingerprint density at radius 1 is 1.33 bits per heavy atom. The molecule has 1 saturated carbocycles. The third-order valence-corrected chi connectivity index (χ3v) is 3.42. The topological polar surface area (TPSA) is 9.23 Å². The Hall–Kier alpha value is -0.550. The first-order valence-corrected chi connectivity index (χ1v) is 6.42. The van der Waals surface area contributed by atoms with Crippen molar-refractivity contribution in [3.63, 3.8) is 0 Å². The first kappa shape index (κ1) is 11.0. The van der Waals surface area contributed by atoms with E-state index < -0.39 is 0 Å². The molecule has 1 nitrogen and oxygen atoms in total. The fraction of sp³-hybridized carbons (Fsp3) is 0.538. The van der Waals surface area contributed by atoms with Crippen molar-refractivity contribution < 1.29 is 4.74 Å². The molecule has 2 heteroatoms. The van der Waals surface area contributed by atoms with E-state index in [9.17, 15) is 0 Å². The van der Waals surface area contributed by atoms with Crippen LogP contribution in [0.3, 0.4) is 0 Å². The van der Waals surface area contributed by atoms with Crippen LogP contribution in [0.2, 0.25) is 0 Å². The fourth-order valence-corrected chi connectivity index (χ4v) is 2.47. The molecule has 0 saturated heterocycles. The van der Waals surface area contributed by atoms with Gasteiger partial charge in [-0.15, -0.1) is 9.24 Å². The number of rotatable bonds is 3. The van der Waals surface area contributed by atoms with E-state index in [0.29, 0.717) is 6.10 Å². The van der Waals surface area contributed by atoms with Gasteiger partial charge in [-0.2, -0.15) is 0 Å². The highest BCUT2D eigenvalue weighted by molar-refractivity contribution is 7.27. The summed E-state index contributed by atoms with van der Waals surface area (Å²) in [6, 6.07) is 6.42. The average molecular weight is 222 g/mol. The number of hydrogen-bond acceptors (Lipinski definition) is 1. The van der Waals surface area contributed by atoms with Crippen molar-refractivity contribution in [2.24, 2.45) is 0 Å². The van der Waals surface area contributed by atoms with Crippen LogP contribution in [0.1, 0.15) is 38.2 Å². The number of hydrogen-bond donors (Lipinski definition) is 0. The van der Waals surface area contributed by atoms with Crippen molar-refractivity contribution in [3.05, 3.63) is 23.8 Å². The van der Waals surface area contributed by atoms with Crippen LogP contribution in [0.25, 0.3) is 0 Å². The summed E-state index contributed by atoms with van der Waals surface area (Å²) in [6.07, 6.45) is 6.62. The zero-order valence-electron chi connectivity index (χ0n) is 9.33. The Bertz CT molecular complexity index is 329. The molecule has 2 rings (SSSR count). The standard InChI is InChI=1S/C13H19OP/c1-2-10-9-12(15)7-8-13(10)14-11-5-3-4-6-11/h7-9,11H,2-6,15H2,1H3. The zero-order valence-corrected chi connectivity index (χ0v) is 10.5. The minimum atomic E-state index is 0.464. The van der Waals surface area contributed by atoms with Crippen molar-refractivity contribution in [1.82, 2.24) is 0 Å². The maximum Gasteiger partial charge on any atom is 0.122 e. The lowest BCUT2D eigenvalue weighted by molar-refractivity contribution is 0.208. The summed E-state index contributed by atoms with van der Waals surface area (Å²) in [7, 11) is 2.74. The van der Waals surface area contributed by atoms with E-state index in [4.69, 9.17) is 4.74 Å². The first-order valence-electron chi connectivity index (χ1n) is 5.84. The van der Waals surface area contributed by atoms with Gasteiger partial charge in [-0.3, -0.25) is 0 Å². The molecule has 0 spiro atoms. The van der Waals surface area contributed by atoms with Crippen molar-refractivity contribution in [1.29, 1.82) is 0 Å². The van der Waals surface area contributed by atoms with Gasteiger partial charge in [-0.25, -0.2) is 0 Å². The van der Waals surface area contributed by atoms with Gasteiger partial charge in [0.25, 0.3) is 0 Å². The Morgan fingerprint density at radius 3 is 2.73 bits per heavy atom. The average Bonchev–Trinajstić information content (AvgIpc) is 2.73. The van der Waals surface area contributed by atoms with E-state index in [1.165, 1.54) is 36.6 Å². The normalized spacial score (nSPS) is 16.9. The van der Waals surface area contributed by atoms with Gasteiger partial charge in [0.2, 0.25) is 0 Å². The maximum absolute atomic E-state index is 6.04. The Kier molecular flexibility index (Phi) is 3.64. The van der Waals surface area contributed by atoms with Gasteiger partial charge in [0.1, 0.15) is 5.75 Å². The molecule has 0 heterocycles. The van der Waals surface area contributed by atoms with Crippen LogP contribution in [0.15, 0.2) is 18.2 Å². The quantitative estimate of drug-likeness (QED) is 0.714. The Labute approximate surface area is 94.4 Å². The molecular formula is C13H19OP. The summed E-state index contributed by atoms with van der Waals surface area (Å²) in [5.74, 6) is 1.09. The summed E-state index contributed by atoms with van der Waals surface area (Å²) in [5.41, 5.74) is 1.33. The van der Waals surface area contributed by atoms with Crippen LogP contribution < -0.4 is 10.0 Å². The van der Waals surface area contributed by atoms with E-state index in [1.807, 2.05) is 0 Å². The first-order chi connectivity index (χ1) is 7.29. The summed E-state index contributed by atoms with van der Waals surface area (Å²) in [6.45, 7) is 2.18. The van der Waals surface area contributed by atoms with Gasteiger partial charge < -0.3 is 4.74 Å². The van der Waals surface area contributed by atoms with Crippen LogP contribution >= 0.6 is 9.24 Å². The maximum atomic E-state index is 6.04. The van der Waals surface area contributed by atoms with Gasteiger partial charge >= 0.3 is 0 Å². The van der Waals surface area contributed by atoms with Crippen molar-refractivity contribution in [2.45, 2.75) is 45.1 Å². The molecule has 1 aliphatic rings. The molecule has 1 aromatic carbocycles. The molecule has 1 fully saturated rings. The SMILES string of the molecule is CCc1cc(P)ccc1OC1CCCC1. The molecule has 0 N–H and O–H groups in total. The molecule has 1 atom stereocenters. The summed E-state index contributed by atoms with van der Waals surface area (Å²) < 4.78 is 6.04. The van der Waals surface area contributed by atoms with Gasteiger partial charge in [0.15, 0.2) is 0 Å². The van der Waals surface area contributed by atoms with Crippen molar-refractivity contribution in [3.8, 4) is 5.75 Å². The summed E-state index contributed by atoms with van der Waals surface area (Å²) in [5, 5.41) is 1.24. The van der Waals surface area contributed by atoms with Crippen LogP contribution in [0, 0.1) is 0 Å². The molecule has 1 aromatic rings. The predicted molar refractivity (Wildman–Crippen MR) is 68.0 cm³/mol. The van der Waals surface area contributed by atoms with E-state index in [-0.39, 0.29) is 0 Å². The van der Waals surface area contributed by atoms with E-state index in [2.05, 4.69) is 34.4 Å². The minimum absolute atomic E-state index is 0.464. The molecule has 0 amide bonds. The zero-order chi connectivity index (χ0) is 10.7. The number of aryl methyl sites for hydroxylation is 1. The number of ether oxygens (including phenoxy) is 1.